The van der Waals surface area contributed by atoms with E-state index in [4.69, 9.17) is 14.2 Å². The minimum absolute atomic E-state index is 0.0739. The second-order valence-corrected chi connectivity index (χ2v) is 8.60. The number of methoxy groups -OCH3 is 1. The van der Waals surface area contributed by atoms with Crippen LogP contribution in [0.5, 0.6) is 0 Å². The van der Waals surface area contributed by atoms with Crippen LogP contribution in [0.4, 0.5) is 0 Å². The van der Waals surface area contributed by atoms with E-state index in [1.807, 2.05) is 6.08 Å². The third-order valence-electron chi connectivity index (χ3n) is 5.97. The Hall–Kier alpha value is -0.880. The lowest BCUT2D eigenvalue weighted by Crippen LogP contribution is -2.39. The van der Waals surface area contributed by atoms with Crippen LogP contribution in [0, 0.1) is 5.41 Å². The van der Waals surface area contributed by atoms with Gasteiger partial charge in [0.1, 0.15) is 6.79 Å². The summed E-state index contributed by atoms with van der Waals surface area (Å²) in [5.74, 6) is 0. The summed E-state index contributed by atoms with van der Waals surface area (Å²) in [5, 5.41) is 10.9. The highest BCUT2D eigenvalue weighted by Crippen LogP contribution is 2.30. The van der Waals surface area contributed by atoms with Crippen LogP contribution < -0.4 is 0 Å². The van der Waals surface area contributed by atoms with Gasteiger partial charge in [-0.15, -0.1) is 0 Å². The average Bonchev–Trinajstić information content (AvgIpc) is 2.69. The number of hydrogen-bond acceptors (Lipinski definition) is 5. The van der Waals surface area contributed by atoms with E-state index >= 15 is 0 Å². The highest BCUT2D eigenvalue weighted by molar-refractivity contribution is 5.23. The van der Waals surface area contributed by atoms with Crippen LogP contribution >= 0.6 is 0 Å². The Bertz CT molecular complexity index is 483. The van der Waals surface area contributed by atoms with Crippen molar-refractivity contribution < 1.29 is 19.3 Å². The monoisotopic (exact) mass is 397 g/mol. The van der Waals surface area contributed by atoms with Crippen LogP contribution in [0.1, 0.15) is 66.7 Å². The molecule has 0 aromatic heterocycles. The van der Waals surface area contributed by atoms with Gasteiger partial charge in [0.2, 0.25) is 0 Å². The van der Waals surface area contributed by atoms with Crippen molar-refractivity contribution in [1.29, 1.82) is 0 Å². The molecule has 1 N–H and O–H groups in total. The van der Waals surface area contributed by atoms with Gasteiger partial charge in [-0.05, 0) is 56.6 Å². The number of aliphatic hydroxyl groups excluding tert-OH is 1. The number of rotatable bonds is 13. The maximum Gasteiger partial charge on any atom is 0.146 e. The van der Waals surface area contributed by atoms with E-state index in [-0.39, 0.29) is 18.3 Å². The predicted molar refractivity (Wildman–Crippen MR) is 115 cm³/mol. The van der Waals surface area contributed by atoms with Crippen LogP contribution in [0.25, 0.3) is 0 Å². The first-order valence-corrected chi connectivity index (χ1v) is 10.7. The molecule has 0 aliphatic carbocycles. The lowest BCUT2D eigenvalue weighted by atomic mass is 9.82. The first kappa shape index (κ1) is 25.2. The van der Waals surface area contributed by atoms with Crippen molar-refractivity contribution in [3.8, 4) is 0 Å². The van der Waals surface area contributed by atoms with Crippen molar-refractivity contribution in [3.63, 3.8) is 0 Å². The SMILES string of the molecule is C=C/C(=C(/C)C[C@@H](OCOC)C(O)CC(C)(C)CC)N(CC)C1CCOCC1. The molecule has 5 heteroatoms. The van der Waals surface area contributed by atoms with Gasteiger partial charge in [-0.25, -0.2) is 0 Å². The maximum absolute atomic E-state index is 10.9. The van der Waals surface area contributed by atoms with Gasteiger partial charge < -0.3 is 24.2 Å². The average molecular weight is 398 g/mol. The number of nitrogens with zero attached hydrogens (tertiary/aromatic N) is 1. The first-order valence-electron chi connectivity index (χ1n) is 10.7. The third kappa shape index (κ3) is 7.86. The largest absolute Gasteiger partial charge is 0.390 e. The Morgan fingerprint density at radius 3 is 2.46 bits per heavy atom. The molecule has 2 atom stereocenters. The maximum atomic E-state index is 10.9. The molecule has 0 aromatic rings. The molecule has 0 aromatic carbocycles. The topological polar surface area (TPSA) is 51.2 Å². The molecule has 0 saturated carbocycles. The molecule has 1 rings (SSSR count). The number of aliphatic hydroxyl groups is 1. The molecule has 28 heavy (non-hydrogen) atoms. The Balaban J connectivity index is 2.98. The van der Waals surface area contributed by atoms with Crippen molar-refractivity contribution in [3.05, 3.63) is 23.9 Å². The van der Waals surface area contributed by atoms with E-state index < -0.39 is 6.10 Å². The van der Waals surface area contributed by atoms with Crippen LogP contribution in [0.3, 0.4) is 0 Å². The van der Waals surface area contributed by atoms with Gasteiger partial charge in [0, 0.05) is 38.6 Å². The van der Waals surface area contributed by atoms with Crippen molar-refractivity contribution in [2.75, 3.05) is 33.7 Å². The van der Waals surface area contributed by atoms with E-state index in [9.17, 15) is 5.11 Å². The lowest BCUT2D eigenvalue weighted by molar-refractivity contribution is -0.118. The predicted octanol–water partition coefficient (Wildman–Crippen LogP) is 4.51. The number of hydrogen-bond donors (Lipinski definition) is 1. The second-order valence-electron chi connectivity index (χ2n) is 8.60. The molecule has 0 radical (unpaired) electrons. The van der Waals surface area contributed by atoms with Crippen molar-refractivity contribution >= 4 is 0 Å². The highest BCUT2D eigenvalue weighted by atomic mass is 16.7. The number of likely N-dealkylation sites (N-methyl/N-ethyl adjacent to an activating group) is 1. The van der Waals surface area contributed by atoms with Crippen LogP contribution in [-0.2, 0) is 14.2 Å². The standard InChI is InChI=1S/C23H43NO4/c1-8-20(24(10-3)19-11-13-27-14-12-19)18(4)15-22(28-17-26-7)21(25)16-23(5,6)9-2/h8,19,21-22,25H,1,9-17H2,2-7H3/b20-18+/t21?,22-/m1/s1. The summed E-state index contributed by atoms with van der Waals surface area (Å²) in [6, 6.07) is 0.476. The molecule has 1 fully saturated rings. The number of ether oxygens (including phenoxy) is 3. The number of allylic oxidation sites excluding steroid dienone is 1. The molecule has 164 valence electrons. The molecule has 5 nitrogen and oxygen atoms in total. The second kappa shape index (κ2) is 12.6. The van der Waals surface area contributed by atoms with Gasteiger partial charge in [0.05, 0.1) is 12.2 Å². The fraction of sp³-hybridized carbons (Fsp3) is 0.826. The third-order valence-corrected chi connectivity index (χ3v) is 5.97. The minimum Gasteiger partial charge on any atom is -0.390 e. The molecule has 1 heterocycles. The Morgan fingerprint density at radius 2 is 1.96 bits per heavy atom. The van der Waals surface area contributed by atoms with Crippen LogP contribution in [0.15, 0.2) is 23.9 Å². The van der Waals surface area contributed by atoms with E-state index in [0.717, 1.165) is 44.7 Å². The zero-order valence-corrected chi connectivity index (χ0v) is 19.0. The highest BCUT2D eigenvalue weighted by Gasteiger charge is 2.29. The fourth-order valence-electron chi connectivity index (χ4n) is 3.87. The summed E-state index contributed by atoms with van der Waals surface area (Å²) < 4.78 is 16.5. The van der Waals surface area contributed by atoms with Crippen molar-refractivity contribution in [2.24, 2.45) is 5.41 Å². The van der Waals surface area contributed by atoms with E-state index in [2.05, 4.69) is 46.1 Å². The Labute approximate surface area is 172 Å². The molecular formula is C23H43NO4. The van der Waals surface area contributed by atoms with Crippen molar-refractivity contribution in [1.82, 2.24) is 4.90 Å². The molecule has 1 aliphatic heterocycles. The van der Waals surface area contributed by atoms with Gasteiger partial charge in [0.25, 0.3) is 0 Å². The van der Waals surface area contributed by atoms with E-state index in [1.54, 1.807) is 7.11 Å². The van der Waals surface area contributed by atoms with Gasteiger partial charge in [-0.2, -0.15) is 0 Å². The van der Waals surface area contributed by atoms with Gasteiger partial charge in [-0.1, -0.05) is 33.8 Å². The van der Waals surface area contributed by atoms with E-state index in [1.165, 1.54) is 5.57 Å². The minimum atomic E-state index is -0.538. The molecule has 1 unspecified atom stereocenters. The van der Waals surface area contributed by atoms with Gasteiger partial charge >= 0.3 is 0 Å². The Morgan fingerprint density at radius 1 is 1.32 bits per heavy atom. The van der Waals surface area contributed by atoms with Crippen LogP contribution in [-0.4, -0.2) is 61.9 Å². The van der Waals surface area contributed by atoms with Gasteiger partial charge in [-0.3, -0.25) is 0 Å². The summed E-state index contributed by atoms with van der Waals surface area (Å²) in [5.41, 5.74) is 2.42. The first-order chi connectivity index (χ1) is 13.3. The Kier molecular flexibility index (Phi) is 11.4. The molecule has 1 saturated heterocycles. The quantitative estimate of drug-likeness (QED) is 0.366. The summed E-state index contributed by atoms with van der Waals surface area (Å²) in [7, 11) is 1.61. The summed E-state index contributed by atoms with van der Waals surface area (Å²) in [6.45, 7) is 17.7. The lowest BCUT2D eigenvalue weighted by Gasteiger charge is -2.37. The molecular weight excluding hydrogens is 354 g/mol. The molecule has 1 aliphatic rings. The summed E-state index contributed by atoms with van der Waals surface area (Å²) in [4.78, 5) is 2.43. The van der Waals surface area contributed by atoms with Gasteiger partial charge in [0.15, 0.2) is 0 Å². The zero-order valence-electron chi connectivity index (χ0n) is 19.0. The normalized spacial score (nSPS) is 19.1. The smallest absolute Gasteiger partial charge is 0.146 e. The summed E-state index contributed by atoms with van der Waals surface area (Å²) >= 11 is 0. The van der Waals surface area contributed by atoms with Crippen LogP contribution in [0.2, 0.25) is 0 Å². The zero-order chi connectivity index (χ0) is 21.2. The molecule has 0 bridgehead atoms. The van der Waals surface area contributed by atoms with Crippen molar-refractivity contribution in [2.45, 2.75) is 85.0 Å². The summed E-state index contributed by atoms with van der Waals surface area (Å²) in [6.07, 6.45) is 5.56. The van der Waals surface area contributed by atoms with E-state index in [0.29, 0.717) is 18.9 Å². The molecule has 0 spiro atoms. The fourth-order valence-corrected chi connectivity index (χ4v) is 3.87. The molecule has 0 amide bonds.